The Balaban J connectivity index is 1.83. The summed E-state index contributed by atoms with van der Waals surface area (Å²) in [6.45, 7) is 5.73. The summed E-state index contributed by atoms with van der Waals surface area (Å²) in [4.78, 5) is 19.0. The molecule has 1 atom stereocenters. The molecule has 0 bridgehead atoms. The first kappa shape index (κ1) is 15.3. The normalized spacial score (nSPS) is 21.3. The first-order valence-corrected chi connectivity index (χ1v) is 8.30. The minimum Gasteiger partial charge on any atom is -0.466 e. The smallest absolute Gasteiger partial charge is 0.313 e. The van der Waals surface area contributed by atoms with E-state index in [1.165, 1.54) is 0 Å². The van der Waals surface area contributed by atoms with E-state index in [1.807, 2.05) is 32.0 Å². The SMILES string of the molecule is CCOC(=O)C1(C)CCN(c2ccc3cc(Br)ccc3n2)C1. The van der Waals surface area contributed by atoms with Gasteiger partial charge in [-0.2, -0.15) is 0 Å². The molecule has 0 N–H and O–H groups in total. The fourth-order valence-corrected chi connectivity index (χ4v) is 3.27. The van der Waals surface area contributed by atoms with E-state index in [4.69, 9.17) is 9.72 Å². The van der Waals surface area contributed by atoms with Crippen LogP contribution in [0, 0.1) is 5.41 Å². The van der Waals surface area contributed by atoms with Crippen LogP contribution in [0.2, 0.25) is 0 Å². The number of hydrogen-bond donors (Lipinski definition) is 0. The van der Waals surface area contributed by atoms with Crippen molar-refractivity contribution in [2.24, 2.45) is 5.41 Å². The average molecular weight is 363 g/mol. The Morgan fingerprint density at radius 1 is 1.41 bits per heavy atom. The van der Waals surface area contributed by atoms with Crippen molar-refractivity contribution < 1.29 is 9.53 Å². The van der Waals surface area contributed by atoms with Crippen LogP contribution < -0.4 is 4.90 Å². The van der Waals surface area contributed by atoms with Crippen molar-refractivity contribution in [2.75, 3.05) is 24.6 Å². The van der Waals surface area contributed by atoms with Gasteiger partial charge in [-0.3, -0.25) is 4.79 Å². The number of carbonyl (C=O) groups is 1. The largest absolute Gasteiger partial charge is 0.466 e. The highest BCUT2D eigenvalue weighted by atomic mass is 79.9. The summed E-state index contributed by atoms with van der Waals surface area (Å²) in [5, 5.41) is 1.10. The number of aromatic nitrogens is 1. The van der Waals surface area contributed by atoms with Gasteiger partial charge in [0.05, 0.1) is 17.5 Å². The first-order chi connectivity index (χ1) is 10.5. The molecule has 2 heterocycles. The second-order valence-corrected chi connectivity index (χ2v) is 6.87. The molecule has 1 aliphatic heterocycles. The van der Waals surface area contributed by atoms with Gasteiger partial charge in [0.2, 0.25) is 0 Å². The molecule has 1 fully saturated rings. The minimum absolute atomic E-state index is 0.109. The predicted octanol–water partition coefficient (Wildman–Crippen LogP) is 3.78. The third-order valence-electron chi connectivity index (χ3n) is 4.20. The molecule has 0 aliphatic carbocycles. The van der Waals surface area contributed by atoms with E-state index in [1.54, 1.807) is 0 Å². The Kier molecular flexibility index (Phi) is 4.08. The second-order valence-electron chi connectivity index (χ2n) is 5.96. The first-order valence-electron chi connectivity index (χ1n) is 7.50. The molecule has 3 rings (SSSR count). The maximum absolute atomic E-state index is 12.1. The molecule has 116 valence electrons. The fourth-order valence-electron chi connectivity index (χ4n) is 2.89. The maximum atomic E-state index is 12.1. The third kappa shape index (κ3) is 2.82. The molecule has 0 amide bonds. The van der Waals surface area contributed by atoms with Gasteiger partial charge in [0, 0.05) is 22.9 Å². The number of esters is 1. The highest BCUT2D eigenvalue weighted by Gasteiger charge is 2.42. The third-order valence-corrected chi connectivity index (χ3v) is 4.70. The van der Waals surface area contributed by atoms with E-state index in [-0.39, 0.29) is 5.97 Å². The van der Waals surface area contributed by atoms with Crippen LogP contribution in [0.4, 0.5) is 5.82 Å². The monoisotopic (exact) mass is 362 g/mol. The predicted molar refractivity (Wildman–Crippen MR) is 91.0 cm³/mol. The summed E-state index contributed by atoms with van der Waals surface area (Å²) in [5.41, 5.74) is 0.525. The van der Waals surface area contributed by atoms with Gasteiger partial charge < -0.3 is 9.64 Å². The van der Waals surface area contributed by atoms with Gasteiger partial charge in [0.25, 0.3) is 0 Å². The molecule has 0 saturated carbocycles. The summed E-state index contributed by atoms with van der Waals surface area (Å²) >= 11 is 3.47. The molecule has 4 nitrogen and oxygen atoms in total. The summed E-state index contributed by atoms with van der Waals surface area (Å²) in [6, 6.07) is 10.1. The number of halogens is 1. The zero-order valence-electron chi connectivity index (χ0n) is 12.8. The lowest BCUT2D eigenvalue weighted by atomic mass is 9.90. The van der Waals surface area contributed by atoms with Crippen molar-refractivity contribution >= 4 is 38.6 Å². The van der Waals surface area contributed by atoms with E-state index in [2.05, 4.69) is 33.0 Å². The van der Waals surface area contributed by atoms with Crippen molar-refractivity contribution in [3.8, 4) is 0 Å². The molecule has 0 radical (unpaired) electrons. The van der Waals surface area contributed by atoms with Crippen LogP contribution in [0.5, 0.6) is 0 Å². The maximum Gasteiger partial charge on any atom is 0.313 e. The molecule has 1 unspecified atom stereocenters. The Morgan fingerprint density at radius 2 is 2.23 bits per heavy atom. The number of pyridine rings is 1. The van der Waals surface area contributed by atoms with Crippen LogP contribution in [0.1, 0.15) is 20.3 Å². The van der Waals surface area contributed by atoms with Gasteiger partial charge in [-0.1, -0.05) is 15.9 Å². The molecule has 1 saturated heterocycles. The van der Waals surface area contributed by atoms with E-state index >= 15 is 0 Å². The number of hydrogen-bond acceptors (Lipinski definition) is 4. The van der Waals surface area contributed by atoms with Gasteiger partial charge in [-0.15, -0.1) is 0 Å². The van der Waals surface area contributed by atoms with Crippen molar-refractivity contribution in [3.05, 3.63) is 34.8 Å². The Bertz CT molecular complexity index is 719. The molecule has 22 heavy (non-hydrogen) atoms. The fraction of sp³-hybridized carbons (Fsp3) is 0.412. The standard InChI is InChI=1S/C17H19BrN2O2/c1-3-22-16(21)17(2)8-9-20(11-17)15-7-4-12-10-13(18)5-6-14(12)19-15/h4-7,10H,3,8-9,11H2,1-2H3. The van der Waals surface area contributed by atoms with Gasteiger partial charge in [-0.05, 0) is 50.6 Å². The lowest BCUT2D eigenvalue weighted by Gasteiger charge is -2.23. The Hall–Kier alpha value is -1.62. The van der Waals surface area contributed by atoms with Gasteiger partial charge in [-0.25, -0.2) is 4.98 Å². The van der Waals surface area contributed by atoms with E-state index in [0.717, 1.165) is 34.2 Å². The number of benzene rings is 1. The molecular weight excluding hydrogens is 344 g/mol. The van der Waals surface area contributed by atoms with Crippen LogP contribution in [-0.4, -0.2) is 30.6 Å². The van der Waals surface area contributed by atoms with Crippen molar-refractivity contribution in [1.29, 1.82) is 0 Å². The summed E-state index contributed by atoms with van der Waals surface area (Å²) in [5.74, 6) is 0.810. The lowest BCUT2D eigenvalue weighted by molar-refractivity contribution is -0.153. The van der Waals surface area contributed by atoms with Crippen LogP contribution in [-0.2, 0) is 9.53 Å². The molecule has 2 aromatic rings. The molecule has 0 spiro atoms. The number of carbonyl (C=O) groups excluding carboxylic acids is 1. The van der Waals surface area contributed by atoms with Crippen molar-refractivity contribution in [1.82, 2.24) is 4.98 Å². The molecule has 1 aromatic heterocycles. The van der Waals surface area contributed by atoms with Gasteiger partial charge in [0.15, 0.2) is 0 Å². The van der Waals surface area contributed by atoms with Crippen LogP contribution in [0.25, 0.3) is 10.9 Å². The second kappa shape index (κ2) is 5.88. The number of fused-ring (bicyclic) bond motifs is 1. The number of rotatable bonds is 3. The Morgan fingerprint density at radius 3 is 3.00 bits per heavy atom. The number of nitrogens with zero attached hydrogens (tertiary/aromatic N) is 2. The highest BCUT2D eigenvalue weighted by molar-refractivity contribution is 9.10. The topological polar surface area (TPSA) is 42.4 Å². The molecule has 5 heteroatoms. The minimum atomic E-state index is -0.438. The van der Waals surface area contributed by atoms with E-state index < -0.39 is 5.41 Å². The quantitative estimate of drug-likeness (QED) is 0.779. The van der Waals surface area contributed by atoms with Crippen LogP contribution in [0.15, 0.2) is 34.8 Å². The number of anilines is 1. The number of ether oxygens (including phenoxy) is 1. The van der Waals surface area contributed by atoms with Gasteiger partial charge >= 0.3 is 5.97 Å². The highest BCUT2D eigenvalue weighted by Crippen LogP contribution is 2.34. The van der Waals surface area contributed by atoms with Crippen molar-refractivity contribution in [3.63, 3.8) is 0 Å². The van der Waals surface area contributed by atoms with Crippen molar-refractivity contribution in [2.45, 2.75) is 20.3 Å². The zero-order valence-corrected chi connectivity index (χ0v) is 14.4. The van der Waals surface area contributed by atoms with Gasteiger partial charge in [0.1, 0.15) is 5.82 Å². The summed E-state index contributed by atoms with van der Waals surface area (Å²) < 4.78 is 6.25. The summed E-state index contributed by atoms with van der Waals surface area (Å²) in [6.07, 6.45) is 0.798. The molecule has 1 aliphatic rings. The lowest BCUT2D eigenvalue weighted by Crippen LogP contribution is -2.33. The van der Waals surface area contributed by atoms with E-state index in [9.17, 15) is 4.79 Å². The van der Waals surface area contributed by atoms with E-state index in [0.29, 0.717) is 13.2 Å². The Labute approximate surface area is 138 Å². The zero-order chi connectivity index (χ0) is 15.7. The molecule has 1 aromatic carbocycles. The van der Waals surface area contributed by atoms with Crippen LogP contribution >= 0.6 is 15.9 Å². The molecular formula is C17H19BrN2O2. The average Bonchev–Trinajstić information content (AvgIpc) is 2.91. The van der Waals surface area contributed by atoms with Crippen LogP contribution in [0.3, 0.4) is 0 Å². The summed E-state index contributed by atoms with van der Waals surface area (Å²) in [7, 11) is 0.